The minimum Gasteiger partial charge on any atom is -0.328 e. The Morgan fingerprint density at radius 1 is 0.711 bits per heavy atom. The van der Waals surface area contributed by atoms with Crippen LogP contribution < -0.4 is 5.32 Å². The second-order valence-electron chi connectivity index (χ2n) is 12.2. The molecule has 0 amide bonds. The van der Waals surface area contributed by atoms with Gasteiger partial charge in [-0.25, -0.2) is 9.98 Å². The maximum absolute atomic E-state index is 5.47. The maximum atomic E-state index is 5.47. The Kier molecular flexibility index (Phi) is 6.40. The van der Waals surface area contributed by atoms with Crippen LogP contribution in [-0.2, 0) is 0 Å². The Labute approximate surface area is 266 Å². The number of allylic oxidation sites excluding steroid dienone is 3. The van der Waals surface area contributed by atoms with Gasteiger partial charge in [-0.15, -0.1) is 17.1 Å². The van der Waals surface area contributed by atoms with Gasteiger partial charge < -0.3 is 5.32 Å². The summed E-state index contributed by atoms with van der Waals surface area (Å²) in [6.07, 6.45) is 14.3. The van der Waals surface area contributed by atoms with Crippen molar-refractivity contribution in [3.05, 3.63) is 138 Å². The lowest BCUT2D eigenvalue weighted by molar-refractivity contribution is 0.385. The number of rotatable bonds is 4. The minimum absolute atomic E-state index is 0.358. The van der Waals surface area contributed by atoms with Gasteiger partial charge >= 0.3 is 0 Å². The largest absolute Gasteiger partial charge is 0.328 e. The van der Waals surface area contributed by atoms with Crippen LogP contribution in [-0.4, -0.2) is 16.2 Å². The number of amidine groups is 2. The number of fused-ring (bicyclic) bond motifs is 7. The number of aliphatic imine (C=N–C) groups is 2. The van der Waals surface area contributed by atoms with E-state index in [4.69, 9.17) is 9.98 Å². The van der Waals surface area contributed by atoms with Crippen molar-refractivity contribution >= 4 is 65.0 Å². The van der Waals surface area contributed by atoms with E-state index in [1.54, 1.807) is 0 Å². The number of aromatic nitrogens is 1. The number of nitrogens with one attached hydrogen (secondary N) is 1. The van der Waals surface area contributed by atoms with E-state index >= 15 is 0 Å². The molecule has 1 atom stereocenters. The molecule has 0 saturated heterocycles. The van der Waals surface area contributed by atoms with Gasteiger partial charge in [-0.1, -0.05) is 97.1 Å². The molecule has 3 aliphatic rings. The average molecular weight is 601 g/mol. The number of nitrogens with zero attached hydrogens (tertiary/aromatic N) is 3. The highest BCUT2D eigenvalue weighted by molar-refractivity contribution is 7.26. The zero-order valence-corrected chi connectivity index (χ0v) is 25.7. The molecule has 45 heavy (non-hydrogen) atoms. The van der Waals surface area contributed by atoms with Gasteiger partial charge in [0.25, 0.3) is 0 Å². The third kappa shape index (κ3) is 4.50. The number of para-hydroxylation sites is 1. The first-order valence-corrected chi connectivity index (χ1v) is 16.7. The van der Waals surface area contributed by atoms with Crippen LogP contribution in [0.2, 0.25) is 0 Å². The molecule has 5 heteroatoms. The van der Waals surface area contributed by atoms with E-state index in [0.29, 0.717) is 11.8 Å². The number of thiophene rings is 1. The van der Waals surface area contributed by atoms with Crippen molar-refractivity contribution in [3.8, 4) is 0 Å². The fourth-order valence-electron chi connectivity index (χ4n) is 7.46. The molecule has 2 aliphatic carbocycles. The molecule has 1 aliphatic heterocycles. The summed E-state index contributed by atoms with van der Waals surface area (Å²) in [6, 6.07) is 33.1. The Hall–Kier alpha value is -4.96. The van der Waals surface area contributed by atoms with Crippen LogP contribution in [0.25, 0.3) is 42.0 Å². The summed E-state index contributed by atoms with van der Waals surface area (Å²) in [6.45, 7) is 0. The standard InChI is InChI=1S/C40H32N4S/c1-2-5-15-28(14-4-1)38-41-39(29-22-20-27(21-23-29)26-12-6-3-7-13-26)43-40(42-38)44-34-18-10-8-16-30(34)32-24-25-33-31-17-9-11-19-35(31)45-37(33)36(32)44/h1-4,6-19,24-25,27,29,40H,20-23H2,(H,41,42,43). The predicted molar refractivity (Wildman–Crippen MR) is 190 cm³/mol. The summed E-state index contributed by atoms with van der Waals surface area (Å²) in [5.74, 6) is 2.88. The summed E-state index contributed by atoms with van der Waals surface area (Å²) in [5.41, 5.74) is 8.14. The molecule has 3 heterocycles. The monoisotopic (exact) mass is 600 g/mol. The van der Waals surface area contributed by atoms with Gasteiger partial charge in [0, 0.05) is 37.7 Å². The lowest BCUT2D eigenvalue weighted by atomic mass is 9.78. The second kappa shape index (κ2) is 10.9. The number of hydrogen-bond donors (Lipinski definition) is 1. The Morgan fingerprint density at radius 2 is 1.47 bits per heavy atom. The second-order valence-corrected chi connectivity index (χ2v) is 13.3. The molecule has 1 N–H and O–H groups in total. The van der Waals surface area contributed by atoms with E-state index in [1.165, 1.54) is 54.9 Å². The van der Waals surface area contributed by atoms with Gasteiger partial charge in [-0.05, 0) is 61.4 Å². The third-order valence-electron chi connectivity index (χ3n) is 9.67. The highest BCUT2D eigenvalue weighted by Gasteiger charge is 2.31. The lowest BCUT2D eigenvalue weighted by Gasteiger charge is -2.33. The molecule has 4 aromatic carbocycles. The molecule has 4 nitrogen and oxygen atoms in total. The summed E-state index contributed by atoms with van der Waals surface area (Å²) in [4.78, 5) is 10.8. The van der Waals surface area contributed by atoms with Gasteiger partial charge in [0.2, 0.25) is 6.29 Å². The minimum atomic E-state index is -0.424. The summed E-state index contributed by atoms with van der Waals surface area (Å²) in [5, 5.41) is 8.80. The summed E-state index contributed by atoms with van der Waals surface area (Å²) in [7, 11) is 0. The van der Waals surface area contributed by atoms with Crippen LogP contribution >= 0.6 is 11.3 Å². The van der Waals surface area contributed by atoms with Crippen molar-refractivity contribution in [2.24, 2.45) is 15.9 Å². The molecule has 9 rings (SSSR count). The molecule has 2 aromatic heterocycles. The molecule has 1 fully saturated rings. The van der Waals surface area contributed by atoms with Crippen LogP contribution in [0.4, 0.5) is 0 Å². The summed E-state index contributed by atoms with van der Waals surface area (Å²) < 4.78 is 4.99. The first-order valence-electron chi connectivity index (χ1n) is 15.9. The average Bonchev–Trinajstić information content (AvgIpc) is 3.51. The lowest BCUT2D eigenvalue weighted by Crippen LogP contribution is -2.41. The zero-order valence-electron chi connectivity index (χ0n) is 24.9. The molecule has 1 saturated carbocycles. The van der Waals surface area contributed by atoms with Crippen molar-refractivity contribution in [2.75, 3.05) is 0 Å². The van der Waals surface area contributed by atoms with E-state index in [2.05, 4.69) is 119 Å². The number of hydrogen-bond acceptors (Lipinski definition) is 4. The quantitative estimate of drug-likeness (QED) is 0.201. The fourth-order valence-corrected chi connectivity index (χ4v) is 8.70. The van der Waals surface area contributed by atoms with Crippen LogP contribution in [0.5, 0.6) is 0 Å². The van der Waals surface area contributed by atoms with E-state index in [9.17, 15) is 0 Å². The van der Waals surface area contributed by atoms with Crippen molar-refractivity contribution in [2.45, 2.75) is 37.9 Å². The van der Waals surface area contributed by atoms with Crippen LogP contribution in [0, 0.1) is 5.92 Å². The smallest absolute Gasteiger partial charge is 0.224 e. The van der Waals surface area contributed by atoms with Crippen LogP contribution in [0.15, 0.2) is 143 Å². The van der Waals surface area contributed by atoms with Crippen LogP contribution in [0.3, 0.4) is 0 Å². The molecule has 1 unspecified atom stereocenters. The first-order chi connectivity index (χ1) is 22.3. The molecular formula is C40H32N4S. The molecule has 6 aromatic rings. The molecule has 0 radical (unpaired) electrons. The Bertz CT molecular complexity index is 2300. The Balaban J connectivity index is 1.22. The van der Waals surface area contributed by atoms with Gasteiger partial charge in [-0.2, -0.15) is 0 Å². The van der Waals surface area contributed by atoms with E-state index < -0.39 is 6.29 Å². The normalized spacial score (nSPS) is 21.6. The third-order valence-corrected chi connectivity index (χ3v) is 10.9. The molecule has 0 bridgehead atoms. The fraction of sp³-hybridized carbons (Fsp3) is 0.175. The highest BCUT2D eigenvalue weighted by Crippen LogP contribution is 2.44. The maximum Gasteiger partial charge on any atom is 0.224 e. The van der Waals surface area contributed by atoms with Gasteiger partial charge in [0.1, 0.15) is 11.7 Å². The predicted octanol–water partition coefficient (Wildman–Crippen LogP) is 10.2. The van der Waals surface area contributed by atoms with Crippen molar-refractivity contribution in [1.82, 2.24) is 9.88 Å². The molecule has 0 spiro atoms. The highest BCUT2D eigenvalue weighted by atomic mass is 32.1. The molecular weight excluding hydrogens is 569 g/mol. The van der Waals surface area contributed by atoms with Crippen LogP contribution in [0.1, 0.15) is 43.5 Å². The van der Waals surface area contributed by atoms with Gasteiger partial charge in [0.15, 0.2) is 0 Å². The Morgan fingerprint density at radius 3 is 2.36 bits per heavy atom. The van der Waals surface area contributed by atoms with Crippen molar-refractivity contribution in [1.29, 1.82) is 0 Å². The molecule has 218 valence electrons. The number of benzene rings is 4. The SMILES string of the molecule is C1=CC=CC=C(C2=NC(n3c4ccccc4c4ccc5c6ccccc6sc5c43)N=C(C3CCC(c4ccccc4)CC3)N2)C=1. The topological polar surface area (TPSA) is 41.7 Å². The van der Waals surface area contributed by atoms with Crippen molar-refractivity contribution in [3.63, 3.8) is 0 Å². The summed E-state index contributed by atoms with van der Waals surface area (Å²) >= 11 is 1.87. The van der Waals surface area contributed by atoms with Gasteiger partial charge in [-0.3, -0.25) is 4.57 Å². The van der Waals surface area contributed by atoms with E-state index in [-0.39, 0.29) is 0 Å². The van der Waals surface area contributed by atoms with Gasteiger partial charge in [0.05, 0.1) is 15.7 Å². The zero-order chi connectivity index (χ0) is 29.7. The van der Waals surface area contributed by atoms with E-state index in [0.717, 1.165) is 35.6 Å². The van der Waals surface area contributed by atoms with Crippen molar-refractivity contribution < 1.29 is 0 Å². The first kappa shape index (κ1) is 26.4. The van der Waals surface area contributed by atoms with E-state index in [1.807, 2.05) is 29.6 Å².